The normalized spacial score (nSPS) is 16.3. The van der Waals surface area contributed by atoms with Crippen LogP contribution in [0.1, 0.15) is 24.0 Å². The molecule has 0 bridgehead atoms. The molecule has 1 amide bonds. The van der Waals surface area contributed by atoms with E-state index < -0.39 is 5.60 Å². The van der Waals surface area contributed by atoms with Crippen molar-refractivity contribution in [1.82, 2.24) is 10.6 Å². The predicted octanol–water partition coefficient (Wildman–Crippen LogP) is 1.85. The third-order valence-corrected chi connectivity index (χ3v) is 4.33. The fourth-order valence-corrected chi connectivity index (χ4v) is 2.93. The first kappa shape index (κ1) is 19.7. The molecule has 1 heterocycles. The van der Waals surface area contributed by atoms with E-state index in [-0.39, 0.29) is 18.3 Å². The zero-order chi connectivity index (χ0) is 16.0. The van der Waals surface area contributed by atoms with E-state index in [2.05, 4.69) is 23.6 Å². The number of rotatable bonds is 6. The average Bonchev–Trinajstić information content (AvgIpc) is 2.55. The summed E-state index contributed by atoms with van der Waals surface area (Å²) < 4.78 is 10.9. The topological polar surface area (TPSA) is 59.6 Å². The molecule has 1 saturated heterocycles. The number of nitrogens with one attached hydrogen (secondary N) is 2. The number of hydrogen-bond acceptors (Lipinski definition) is 4. The summed E-state index contributed by atoms with van der Waals surface area (Å²) in [6, 6.07) is 6.09. The van der Waals surface area contributed by atoms with E-state index in [0.717, 1.165) is 30.8 Å². The molecule has 0 aliphatic carbocycles. The number of benzene rings is 1. The van der Waals surface area contributed by atoms with Crippen molar-refractivity contribution in [2.24, 2.45) is 0 Å². The van der Waals surface area contributed by atoms with E-state index in [4.69, 9.17) is 9.47 Å². The Bertz CT molecular complexity index is 517. The van der Waals surface area contributed by atoms with Crippen molar-refractivity contribution in [3.8, 4) is 5.75 Å². The zero-order valence-corrected chi connectivity index (χ0v) is 14.9. The van der Waals surface area contributed by atoms with Crippen LogP contribution in [0.2, 0.25) is 0 Å². The van der Waals surface area contributed by atoms with Crippen LogP contribution in [-0.2, 0) is 16.0 Å². The van der Waals surface area contributed by atoms with Crippen molar-refractivity contribution in [2.75, 3.05) is 33.9 Å². The average molecular weight is 343 g/mol. The summed E-state index contributed by atoms with van der Waals surface area (Å²) in [5.41, 5.74) is 1.62. The molecule has 2 rings (SSSR count). The van der Waals surface area contributed by atoms with Gasteiger partial charge in [0.1, 0.15) is 11.4 Å². The molecule has 1 fully saturated rings. The molecule has 2 N–H and O–H groups in total. The van der Waals surface area contributed by atoms with Gasteiger partial charge in [0.05, 0.1) is 7.11 Å². The van der Waals surface area contributed by atoms with Gasteiger partial charge in [-0.1, -0.05) is 17.7 Å². The van der Waals surface area contributed by atoms with Crippen molar-refractivity contribution in [2.45, 2.75) is 31.8 Å². The van der Waals surface area contributed by atoms with E-state index >= 15 is 0 Å². The highest BCUT2D eigenvalue weighted by Gasteiger charge is 2.39. The number of aryl methyl sites for hydroxylation is 1. The van der Waals surface area contributed by atoms with Gasteiger partial charge in [0.25, 0.3) is 5.91 Å². The van der Waals surface area contributed by atoms with Crippen LogP contribution in [-0.4, -0.2) is 45.4 Å². The van der Waals surface area contributed by atoms with Crippen LogP contribution in [0.25, 0.3) is 0 Å². The SMILES string of the molecule is COc1ccc(C)cc1CCNC(=O)C1(OC)CCNCC1.Cl. The smallest absolute Gasteiger partial charge is 0.252 e. The van der Waals surface area contributed by atoms with Gasteiger partial charge in [-0.15, -0.1) is 12.4 Å². The third-order valence-electron chi connectivity index (χ3n) is 4.33. The molecular formula is C17H27ClN2O3. The highest BCUT2D eigenvalue weighted by Crippen LogP contribution is 2.23. The number of carbonyl (C=O) groups is 1. The maximum atomic E-state index is 12.5. The largest absolute Gasteiger partial charge is 0.496 e. The monoisotopic (exact) mass is 342 g/mol. The van der Waals surface area contributed by atoms with E-state index in [0.29, 0.717) is 19.4 Å². The molecule has 0 unspecified atom stereocenters. The van der Waals surface area contributed by atoms with Crippen LogP contribution >= 0.6 is 12.4 Å². The summed E-state index contributed by atoms with van der Waals surface area (Å²) in [5, 5.41) is 6.27. The van der Waals surface area contributed by atoms with Crippen molar-refractivity contribution in [3.05, 3.63) is 29.3 Å². The second-order valence-electron chi connectivity index (χ2n) is 5.77. The second kappa shape index (κ2) is 9.11. The highest BCUT2D eigenvalue weighted by molar-refractivity contribution is 5.85. The Morgan fingerprint density at radius 1 is 1.30 bits per heavy atom. The molecule has 0 spiro atoms. The first-order valence-electron chi connectivity index (χ1n) is 7.79. The number of halogens is 1. The molecule has 5 nitrogen and oxygen atoms in total. The quantitative estimate of drug-likeness (QED) is 0.828. The van der Waals surface area contributed by atoms with Crippen LogP contribution in [0, 0.1) is 6.92 Å². The van der Waals surface area contributed by atoms with Gasteiger partial charge >= 0.3 is 0 Å². The number of amides is 1. The lowest BCUT2D eigenvalue weighted by molar-refractivity contribution is -0.146. The molecule has 1 aliphatic heterocycles. The molecule has 1 aromatic carbocycles. The first-order chi connectivity index (χ1) is 10.6. The Morgan fingerprint density at radius 3 is 2.61 bits per heavy atom. The van der Waals surface area contributed by atoms with Crippen LogP contribution < -0.4 is 15.4 Å². The minimum absolute atomic E-state index is 0. The summed E-state index contributed by atoms with van der Waals surface area (Å²) >= 11 is 0. The van der Waals surface area contributed by atoms with Crippen molar-refractivity contribution in [1.29, 1.82) is 0 Å². The first-order valence-corrected chi connectivity index (χ1v) is 7.79. The maximum absolute atomic E-state index is 12.5. The Hall–Kier alpha value is -1.30. The van der Waals surface area contributed by atoms with Gasteiger partial charge in [-0.2, -0.15) is 0 Å². The van der Waals surface area contributed by atoms with Gasteiger partial charge in [-0.05, 0) is 50.9 Å². The molecule has 1 aliphatic rings. The van der Waals surface area contributed by atoms with Crippen molar-refractivity contribution >= 4 is 18.3 Å². The van der Waals surface area contributed by atoms with E-state index in [1.54, 1.807) is 14.2 Å². The molecule has 0 saturated carbocycles. The highest BCUT2D eigenvalue weighted by atomic mass is 35.5. The molecular weight excluding hydrogens is 316 g/mol. The summed E-state index contributed by atoms with van der Waals surface area (Å²) in [7, 11) is 3.29. The lowest BCUT2D eigenvalue weighted by Gasteiger charge is -2.34. The lowest BCUT2D eigenvalue weighted by atomic mass is 9.91. The van der Waals surface area contributed by atoms with E-state index in [1.165, 1.54) is 5.56 Å². The molecule has 130 valence electrons. The van der Waals surface area contributed by atoms with Gasteiger partial charge in [0, 0.05) is 13.7 Å². The van der Waals surface area contributed by atoms with Crippen LogP contribution in [0.5, 0.6) is 5.75 Å². The predicted molar refractivity (Wildman–Crippen MR) is 93.5 cm³/mol. The Balaban J connectivity index is 0.00000264. The number of piperidine rings is 1. The fraction of sp³-hybridized carbons (Fsp3) is 0.588. The van der Waals surface area contributed by atoms with Gasteiger partial charge in [-0.25, -0.2) is 0 Å². The van der Waals surface area contributed by atoms with Gasteiger partial charge in [0.2, 0.25) is 0 Å². The summed E-state index contributed by atoms with van der Waals surface area (Å²) in [4.78, 5) is 12.5. The zero-order valence-electron chi connectivity index (χ0n) is 14.1. The number of ether oxygens (including phenoxy) is 2. The molecule has 0 aromatic heterocycles. The minimum Gasteiger partial charge on any atom is -0.496 e. The van der Waals surface area contributed by atoms with E-state index in [9.17, 15) is 4.79 Å². The molecule has 0 atom stereocenters. The third kappa shape index (κ3) is 4.83. The summed E-state index contributed by atoms with van der Waals surface area (Å²) in [6.07, 6.45) is 2.17. The van der Waals surface area contributed by atoms with Crippen molar-refractivity contribution < 1.29 is 14.3 Å². The maximum Gasteiger partial charge on any atom is 0.252 e. The Labute approximate surface area is 144 Å². The molecule has 23 heavy (non-hydrogen) atoms. The standard InChI is InChI=1S/C17H26N2O3.ClH/c1-13-4-5-15(21-2)14(12-13)6-9-19-16(20)17(22-3)7-10-18-11-8-17;/h4-5,12,18H,6-11H2,1-3H3,(H,19,20);1H. The van der Waals surface area contributed by atoms with Gasteiger partial charge in [-0.3, -0.25) is 4.79 Å². The number of carbonyl (C=O) groups excluding carboxylic acids is 1. The fourth-order valence-electron chi connectivity index (χ4n) is 2.93. The van der Waals surface area contributed by atoms with Crippen LogP contribution in [0.3, 0.4) is 0 Å². The molecule has 0 radical (unpaired) electrons. The van der Waals surface area contributed by atoms with E-state index in [1.807, 2.05) is 12.1 Å². The summed E-state index contributed by atoms with van der Waals surface area (Å²) in [6.45, 7) is 4.26. The summed E-state index contributed by atoms with van der Waals surface area (Å²) in [5.74, 6) is 0.853. The Kier molecular flexibility index (Phi) is 7.82. The minimum atomic E-state index is -0.679. The van der Waals surface area contributed by atoms with Crippen LogP contribution in [0.4, 0.5) is 0 Å². The second-order valence-corrected chi connectivity index (χ2v) is 5.77. The van der Waals surface area contributed by atoms with Crippen molar-refractivity contribution in [3.63, 3.8) is 0 Å². The lowest BCUT2D eigenvalue weighted by Crippen LogP contribution is -2.54. The Morgan fingerprint density at radius 2 is 2.00 bits per heavy atom. The molecule has 6 heteroatoms. The number of methoxy groups -OCH3 is 2. The number of hydrogen-bond donors (Lipinski definition) is 2. The van der Waals surface area contributed by atoms with Crippen LogP contribution in [0.15, 0.2) is 18.2 Å². The molecule has 1 aromatic rings. The van der Waals surface area contributed by atoms with Gasteiger partial charge in [0.15, 0.2) is 0 Å². The van der Waals surface area contributed by atoms with Gasteiger partial charge < -0.3 is 20.1 Å².